The Labute approximate surface area is 142 Å². The van der Waals surface area contributed by atoms with Crippen molar-refractivity contribution in [2.45, 2.75) is 6.54 Å². The van der Waals surface area contributed by atoms with Crippen molar-refractivity contribution in [2.24, 2.45) is 0 Å². The lowest BCUT2D eigenvalue weighted by Crippen LogP contribution is -2.06. The molecule has 1 heterocycles. The van der Waals surface area contributed by atoms with Gasteiger partial charge in [-0.3, -0.25) is 0 Å². The quantitative estimate of drug-likeness (QED) is 0.714. The van der Waals surface area contributed by atoms with Gasteiger partial charge in [0.2, 0.25) is 5.95 Å². The second-order valence-electron chi connectivity index (χ2n) is 5.12. The van der Waals surface area contributed by atoms with Crippen molar-refractivity contribution >= 4 is 17.5 Å². The summed E-state index contributed by atoms with van der Waals surface area (Å²) in [5.74, 6) is -0.404. The van der Waals surface area contributed by atoms with Gasteiger partial charge < -0.3 is 15.4 Å². The fourth-order valence-electron chi connectivity index (χ4n) is 2.08. The number of nitrogens with zero attached hydrogens (tertiary/aromatic N) is 3. The second kappa shape index (κ2) is 7.52. The van der Waals surface area contributed by atoms with Crippen LogP contribution in [-0.2, 0) is 6.54 Å². The van der Waals surface area contributed by atoms with E-state index in [1.165, 1.54) is 12.3 Å². The van der Waals surface area contributed by atoms with Gasteiger partial charge in [0.25, 0.3) is 0 Å². The van der Waals surface area contributed by atoms with Crippen LogP contribution in [0.4, 0.5) is 26.2 Å². The van der Waals surface area contributed by atoms with Gasteiger partial charge in [0.15, 0.2) is 17.5 Å². The minimum Gasteiger partial charge on any atom is -0.497 e. The molecule has 0 aliphatic rings. The van der Waals surface area contributed by atoms with E-state index in [9.17, 15) is 8.78 Å². The van der Waals surface area contributed by atoms with Crippen LogP contribution in [0.1, 0.15) is 5.56 Å². The number of aromatic nitrogens is 3. The van der Waals surface area contributed by atoms with Crippen molar-refractivity contribution in [1.82, 2.24) is 15.2 Å². The first-order valence-corrected chi connectivity index (χ1v) is 7.42. The topological polar surface area (TPSA) is 72.0 Å². The summed E-state index contributed by atoms with van der Waals surface area (Å²) < 4.78 is 31.3. The minimum absolute atomic E-state index is 0.309. The van der Waals surface area contributed by atoms with Crippen LogP contribution in [0.5, 0.6) is 5.75 Å². The summed E-state index contributed by atoms with van der Waals surface area (Å²) >= 11 is 0. The molecule has 0 amide bonds. The maximum atomic E-state index is 13.2. The van der Waals surface area contributed by atoms with Crippen LogP contribution < -0.4 is 15.4 Å². The predicted molar refractivity (Wildman–Crippen MR) is 89.8 cm³/mol. The zero-order valence-corrected chi connectivity index (χ0v) is 13.3. The lowest BCUT2D eigenvalue weighted by atomic mass is 10.2. The third kappa shape index (κ3) is 4.37. The van der Waals surface area contributed by atoms with E-state index >= 15 is 0 Å². The highest BCUT2D eigenvalue weighted by Gasteiger charge is 2.05. The van der Waals surface area contributed by atoms with Gasteiger partial charge in [0.1, 0.15) is 5.75 Å². The van der Waals surface area contributed by atoms with E-state index in [1.807, 2.05) is 24.3 Å². The van der Waals surface area contributed by atoms with Crippen molar-refractivity contribution in [1.29, 1.82) is 0 Å². The fourth-order valence-corrected chi connectivity index (χ4v) is 2.08. The Bertz CT molecular complexity index is 858. The molecule has 0 saturated carbocycles. The van der Waals surface area contributed by atoms with Crippen LogP contribution in [0.15, 0.2) is 48.7 Å². The smallest absolute Gasteiger partial charge is 0.244 e. The average Bonchev–Trinajstić information content (AvgIpc) is 2.64. The molecule has 8 heteroatoms. The summed E-state index contributed by atoms with van der Waals surface area (Å²) in [7, 11) is 1.61. The summed E-state index contributed by atoms with van der Waals surface area (Å²) in [5, 5.41) is 13.6. The number of anilines is 3. The van der Waals surface area contributed by atoms with Crippen LogP contribution in [0, 0.1) is 11.6 Å². The molecule has 3 aromatic rings. The van der Waals surface area contributed by atoms with Crippen molar-refractivity contribution in [3.63, 3.8) is 0 Å². The van der Waals surface area contributed by atoms with Gasteiger partial charge in [-0.25, -0.2) is 8.78 Å². The molecular weight excluding hydrogens is 328 g/mol. The molecule has 0 atom stereocenters. The van der Waals surface area contributed by atoms with Crippen LogP contribution in [0.25, 0.3) is 0 Å². The Hall–Kier alpha value is -3.29. The van der Waals surface area contributed by atoms with Crippen molar-refractivity contribution in [3.8, 4) is 5.75 Å². The zero-order valence-electron chi connectivity index (χ0n) is 13.3. The second-order valence-corrected chi connectivity index (χ2v) is 5.12. The van der Waals surface area contributed by atoms with Crippen molar-refractivity contribution in [2.75, 3.05) is 17.7 Å². The number of ether oxygens (including phenoxy) is 1. The molecule has 0 aliphatic heterocycles. The molecule has 1 aromatic heterocycles. The number of hydrogen-bond acceptors (Lipinski definition) is 6. The number of benzene rings is 2. The van der Waals surface area contributed by atoms with E-state index in [1.54, 1.807) is 7.11 Å². The van der Waals surface area contributed by atoms with E-state index in [0.717, 1.165) is 23.4 Å². The highest BCUT2D eigenvalue weighted by atomic mass is 19.2. The molecule has 0 fully saturated rings. The van der Waals surface area contributed by atoms with E-state index in [4.69, 9.17) is 4.74 Å². The van der Waals surface area contributed by atoms with Gasteiger partial charge in [-0.2, -0.15) is 10.1 Å². The average molecular weight is 343 g/mol. The first-order valence-electron chi connectivity index (χ1n) is 7.42. The number of methoxy groups -OCH3 is 1. The molecule has 0 unspecified atom stereocenters. The zero-order chi connectivity index (χ0) is 17.6. The molecule has 2 N–H and O–H groups in total. The molecule has 0 saturated heterocycles. The highest BCUT2D eigenvalue weighted by Crippen LogP contribution is 2.18. The molecule has 0 bridgehead atoms. The van der Waals surface area contributed by atoms with Gasteiger partial charge in [-0.1, -0.05) is 12.1 Å². The Morgan fingerprint density at radius 3 is 2.56 bits per heavy atom. The Morgan fingerprint density at radius 1 is 1.04 bits per heavy atom. The third-order valence-corrected chi connectivity index (χ3v) is 3.36. The first-order chi connectivity index (χ1) is 12.1. The SMILES string of the molecule is COc1ccc(CNc2nncc(Nc3ccc(F)c(F)c3)n2)cc1. The molecule has 128 valence electrons. The summed E-state index contributed by atoms with van der Waals surface area (Å²) in [6, 6.07) is 11.0. The summed E-state index contributed by atoms with van der Waals surface area (Å²) in [6.07, 6.45) is 1.39. The number of halogens is 2. The predicted octanol–water partition coefficient (Wildman–Crippen LogP) is 3.51. The molecule has 0 spiro atoms. The fraction of sp³-hybridized carbons (Fsp3) is 0.118. The maximum Gasteiger partial charge on any atom is 0.244 e. The third-order valence-electron chi connectivity index (χ3n) is 3.36. The normalized spacial score (nSPS) is 10.4. The van der Waals surface area contributed by atoms with Crippen molar-refractivity contribution < 1.29 is 13.5 Å². The number of nitrogens with one attached hydrogen (secondary N) is 2. The lowest BCUT2D eigenvalue weighted by Gasteiger charge is -2.08. The van der Waals surface area contributed by atoms with Crippen LogP contribution in [0.2, 0.25) is 0 Å². The largest absolute Gasteiger partial charge is 0.497 e. The highest BCUT2D eigenvalue weighted by molar-refractivity contribution is 5.56. The molecule has 2 aromatic carbocycles. The van der Waals surface area contributed by atoms with Crippen LogP contribution in [0.3, 0.4) is 0 Å². The molecule has 0 radical (unpaired) electrons. The summed E-state index contributed by atoms with van der Waals surface area (Å²) in [4.78, 5) is 4.23. The van der Waals surface area contributed by atoms with Gasteiger partial charge in [0, 0.05) is 18.3 Å². The summed E-state index contributed by atoms with van der Waals surface area (Å²) in [5.41, 5.74) is 1.38. The molecular formula is C17H15F2N5O. The number of hydrogen-bond donors (Lipinski definition) is 2. The Balaban J connectivity index is 1.65. The van der Waals surface area contributed by atoms with Gasteiger partial charge >= 0.3 is 0 Å². The van der Waals surface area contributed by atoms with E-state index in [0.29, 0.717) is 24.0 Å². The van der Waals surface area contributed by atoms with Crippen LogP contribution >= 0.6 is 0 Å². The van der Waals surface area contributed by atoms with E-state index in [-0.39, 0.29) is 0 Å². The van der Waals surface area contributed by atoms with Crippen molar-refractivity contribution in [3.05, 3.63) is 65.9 Å². The van der Waals surface area contributed by atoms with Gasteiger partial charge in [-0.05, 0) is 29.8 Å². The maximum absolute atomic E-state index is 13.2. The number of rotatable bonds is 6. The monoisotopic (exact) mass is 343 g/mol. The van der Waals surface area contributed by atoms with Gasteiger partial charge in [-0.15, -0.1) is 5.10 Å². The lowest BCUT2D eigenvalue weighted by molar-refractivity contribution is 0.414. The Kier molecular flexibility index (Phi) is 4.98. The molecule has 6 nitrogen and oxygen atoms in total. The summed E-state index contributed by atoms with van der Waals surface area (Å²) in [6.45, 7) is 0.500. The van der Waals surface area contributed by atoms with E-state index in [2.05, 4.69) is 25.8 Å². The molecule has 0 aliphatic carbocycles. The Morgan fingerprint density at radius 2 is 1.84 bits per heavy atom. The molecule has 3 rings (SSSR count). The van der Waals surface area contributed by atoms with Crippen LogP contribution in [-0.4, -0.2) is 22.3 Å². The minimum atomic E-state index is -0.940. The van der Waals surface area contributed by atoms with Gasteiger partial charge in [0.05, 0.1) is 13.3 Å². The molecule has 25 heavy (non-hydrogen) atoms. The van der Waals surface area contributed by atoms with E-state index < -0.39 is 11.6 Å². The standard InChI is InChI=1S/C17H15F2N5O/c1-25-13-5-2-11(3-6-13)9-20-17-23-16(10-21-24-17)22-12-4-7-14(18)15(19)8-12/h2-8,10H,9H2,1H3,(H2,20,22,23,24). The first kappa shape index (κ1) is 16.6.